The monoisotopic (exact) mass is 287 g/mol. The zero-order chi connectivity index (χ0) is 14.1. The molecule has 0 aromatic carbocycles. The number of nitrogens with one attached hydrogen (secondary N) is 1. The SMILES string of the molecule is CC(C)(C)C1CCC(CNCCSCCCO)CC1. The summed E-state index contributed by atoms with van der Waals surface area (Å²) in [5, 5.41) is 12.3. The second kappa shape index (κ2) is 9.25. The Kier molecular flexibility index (Phi) is 8.43. The molecule has 0 bridgehead atoms. The first kappa shape index (κ1) is 17.3. The molecule has 1 aliphatic carbocycles. The average molecular weight is 288 g/mol. The molecule has 114 valence electrons. The summed E-state index contributed by atoms with van der Waals surface area (Å²) < 4.78 is 0. The Morgan fingerprint density at radius 2 is 1.79 bits per heavy atom. The predicted molar refractivity (Wildman–Crippen MR) is 86.8 cm³/mol. The lowest BCUT2D eigenvalue weighted by molar-refractivity contribution is 0.149. The van der Waals surface area contributed by atoms with Gasteiger partial charge >= 0.3 is 0 Å². The lowest BCUT2D eigenvalue weighted by atomic mass is 9.70. The number of hydrogen-bond donors (Lipinski definition) is 2. The van der Waals surface area contributed by atoms with Gasteiger partial charge in [0, 0.05) is 18.9 Å². The van der Waals surface area contributed by atoms with E-state index in [9.17, 15) is 0 Å². The van der Waals surface area contributed by atoms with Crippen LogP contribution in [-0.2, 0) is 0 Å². The summed E-state index contributed by atoms with van der Waals surface area (Å²) in [5.41, 5.74) is 0.502. The third-order valence-electron chi connectivity index (χ3n) is 4.37. The number of hydrogen-bond acceptors (Lipinski definition) is 3. The lowest BCUT2D eigenvalue weighted by Crippen LogP contribution is -2.31. The highest BCUT2D eigenvalue weighted by molar-refractivity contribution is 7.99. The fourth-order valence-electron chi connectivity index (χ4n) is 2.95. The molecule has 1 aliphatic rings. The van der Waals surface area contributed by atoms with Gasteiger partial charge in [0.05, 0.1) is 0 Å². The first-order chi connectivity index (χ1) is 9.04. The molecule has 0 unspecified atom stereocenters. The van der Waals surface area contributed by atoms with Crippen LogP contribution < -0.4 is 5.32 Å². The Hall–Kier alpha value is 0.270. The van der Waals surface area contributed by atoms with Crippen LogP contribution >= 0.6 is 11.8 Å². The van der Waals surface area contributed by atoms with E-state index in [2.05, 4.69) is 26.1 Å². The van der Waals surface area contributed by atoms with E-state index in [1.54, 1.807) is 0 Å². The molecule has 0 spiro atoms. The van der Waals surface area contributed by atoms with Crippen LogP contribution in [0.25, 0.3) is 0 Å². The molecule has 0 saturated heterocycles. The van der Waals surface area contributed by atoms with E-state index in [1.807, 2.05) is 11.8 Å². The fraction of sp³-hybridized carbons (Fsp3) is 1.00. The van der Waals surface area contributed by atoms with Gasteiger partial charge in [0.15, 0.2) is 0 Å². The molecular weight excluding hydrogens is 254 g/mol. The van der Waals surface area contributed by atoms with Crippen molar-refractivity contribution in [3.63, 3.8) is 0 Å². The number of thioether (sulfide) groups is 1. The second-order valence-electron chi connectivity index (χ2n) is 6.98. The van der Waals surface area contributed by atoms with E-state index in [4.69, 9.17) is 5.11 Å². The van der Waals surface area contributed by atoms with Crippen molar-refractivity contribution in [1.29, 1.82) is 0 Å². The van der Waals surface area contributed by atoms with Gasteiger partial charge in [-0.3, -0.25) is 0 Å². The van der Waals surface area contributed by atoms with Gasteiger partial charge in [-0.05, 0) is 61.7 Å². The molecule has 0 heterocycles. The van der Waals surface area contributed by atoms with E-state index < -0.39 is 0 Å². The topological polar surface area (TPSA) is 32.3 Å². The normalized spacial score (nSPS) is 24.6. The molecule has 0 amide bonds. The van der Waals surface area contributed by atoms with Crippen molar-refractivity contribution in [3.8, 4) is 0 Å². The van der Waals surface area contributed by atoms with Gasteiger partial charge in [0.2, 0.25) is 0 Å². The van der Waals surface area contributed by atoms with Gasteiger partial charge in [0.25, 0.3) is 0 Å². The molecule has 2 N–H and O–H groups in total. The Morgan fingerprint density at radius 1 is 1.11 bits per heavy atom. The summed E-state index contributed by atoms with van der Waals surface area (Å²) in [6.45, 7) is 9.82. The molecule has 0 atom stereocenters. The number of aliphatic hydroxyl groups is 1. The summed E-state index contributed by atoms with van der Waals surface area (Å²) in [5.74, 6) is 4.10. The maximum absolute atomic E-state index is 8.69. The minimum absolute atomic E-state index is 0.331. The molecule has 0 aromatic rings. The van der Waals surface area contributed by atoms with Crippen LogP contribution in [-0.4, -0.2) is 36.3 Å². The maximum atomic E-state index is 8.69. The zero-order valence-corrected chi connectivity index (χ0v) is 13.9. The summed E-state index contributed by atoms with van der Waals surface area (Å²) in [7, 11) is 0. The van der Waals surface area contributed by atoms with Crippen molar-refractivity contribution in [2.24, 2.45) is 17.3 Å². The number of aliphatic hydroxyl groups excluding tert-OH is 1. The van der Waals surface area contributed by atoms with Crippen molar-refractivity contribution in [2.75, 3.05) is 31.2 Å². The van der Waals surface area contributed by atoms with Gasteiger partial charge in [0.1, 0.15) is 0 Å². The Labute approximate surface area is 124 Å². The average Bonchev–Trinajstić information content (AvgIpc) is 2.37. The maximum Gasteiger partial charge on any atom is 0.0438 e. The van der Waals surface area contributed by atoms with E-state index in [0.717, 1.165) is 30.6 Å². The Morgan fingerprint density at radius 3 is 2.37 bits per heavy atom. The van der Waals surface area contributed by atoms with Crippen molar-refractivity contribution < 1.29 is 5.11 Å². The van der Waals surface area contributed by atoms with Crippen LogP contribution in [0.1, 0.15) is 52.9 Å². The minimum Gasteiger partial charge on any atom is -0.396 e. The summed E-state index contributed by atoms with van der Waals surface area (Å²) in [6, 6.07) is 0. The van der Waals surface area contributed by atoms with E-state index >= 15 is 0 Å². The van der Waals surface area contributed by atoms with E-state index in [1.165, 1.54) is 38.0 Å². The van der Waals surface area contributed by atoms with Gasteiger partial charge in [-0.15, -0.1) is 0 Å². The van der Waals surface area contributed by atoms with Gasteiger partial charge < -0.3 is 10.4 Å². The molecule has 0 aliphatic heterocycles. The summed E-state index contributed by atoms with van der Waals surface area (Å²) in [6.07, 6.45) is 6.59. The molecule has 3 heteroatoms. The van der Waals surface area contributed by atoms with Crippen LogP contribution in [0.15, 0.2) is 0 Å². The van der Waals surface area contributed by atoms with E-state index in [0.29, 0.717) is 12.0 Å². The first-order valence-corrected chi connectivity index (χ1v) is 9.09. The third kappa shape index (κ3) is 7.57. The highest BCUT2D eigenvalue weighted by Crippen LogP contribution is 2.39. The summed E-state index contributed by atoms with van der Waals surface area (Å²) >= 11 is 1.95. The van der Waals surface area contributed by atoms with Crippen LogP contribution in [0.2, 0.25) is 0 Å². The van der Waals surface area contributed by atoms with Crippen molar-refractivity contribution in [2.45, 2.75) is 52.9 Å². The molecule has 2 nitrogen and oxygen atoms in total. The molecule has 19 heavy (non-hydrogen) atoms. The quantitative estimate of drug-likeness (QED) is 0.670. The summed E-state index contributed by atoms with van der Waals surface area (Å²) in [4.78, 5) is 0. The molecule has 0 radical (unpaired) electrons. The Bertz CT molecular complexity index is 219. The van der Waals surface area contributed by atoms with Crippen LogP contribution in [0.3, 0.4) is 0 Å². The van der Waals surface area contributed by atoms with Crippen molar-refractivity contribution in [1.82, 2.24) is 5.32 Å². The molecule has 0 aromatic heterocycles. The van der Waals surface area contributed by atoms with E-state index in [-0.39, 0.29) is 0 Å². The lowest BCUT2D eigenvalue weighted by Gasteiger charge is -2.37. The largest absolute Gasteiger partial charge is 0.396 e. The van der Waals surface area contributed by atoms with Gasteiger partial charge in [-0.2, -0.15) is 11.8 Å². The van der Waals surface area contributed by atoms with Crippen LogP contribution in [0, 0.1) is 17.3 Å². The molecule has 1 saturated carbocycles. The smallest absolute Gasteiger partial charge is 0.0438 e. The van der Waals surface area contributed by atoms with Gasteiger partial charge in [-0.25, -0.2) is 0 Å². The third-order valence-corrected chi connectivity index (χ3v) is 5.44. The predicted octanol–water partition coefficient (Wildman–Crippen LogP) is 3.54. The molecule has 1 fully saturated rings. The zero-order valence-electron chi connectivity index (χ0n) is 13.1. The molecule has 1 rings (SSSR count). The highest BCUT2D eigenvalue weighted by atomic mass is 32.2. The number of rotatable bonds is 8. The first-order valence-electron chi connectivity index (χ1n) is 7.93. The van der Waals surface area contributed by atoms with Crippen molar-refractivity contribution >= 4 is 11.8 Å². The van der Waals surface area contributed by atoms with Gasteiger partial charge in [-0.1, -0.05) is 20.8 Å². The second-order valence-corrected chi connectivity index (χ2v) is 8.20. The van der Waals surface area contributed by atoms with Crippen molar-refractivity contribution in [3.05, 3.63) is 0 Å². The Balaban J connectivity index is 1.98. The van der Waals surface area contributed by atoms with Crippen LogP contribution in [0.4, 0.5) is 0 Å². The molecular formula is C16H33NOS. The fourth-order valence-corrected chi connectivity index (χ4v) is 3.78. The highest BCUT2D eigenvalue weighted by Gasteiger charge is 2.29. The van der Waals surface area contributed by atoms with Crippen LogP contribution in [0.5, 0.6) is 0 Å². The minimum atomic E-state index is 0.331. The standard InChI is InChI=1S/C16H33NOS/c1-16(2,3)15-7-5-14(6-8-15)13-17-9-12-19-11-4-10-18/h14-15,17-18H,4-13H2,1-3H3.